The van der Waals surface area contributed by atoms with Gasteiger partial charge in [-0.1, -0.05) is 6.07 Å². The molecule has 0 fully saturated rings. The van der Waals surface area contributed by atoms with Gasteiger partial charge in [-0.05, 0) is 12.1 Å². The fourth-order valence-electron chi connectivity index (χ4n) is 1.27. The molecule has 0 unspecified atom stereocenters. The maximum atomic E-state index is 11.4. The Morgan fingerprint density at radius 1 is 1.50 bits per heavy atom. The molecule has 0 amide bonds. The van der Waals surface area contributed by atoms with Crippen molar-refractivity contribution in [3.05, 3.63) is 34.7 Å². The van der Waals surface area contributed by atoms with Crippen molar-refractivity contribution in [1.82, 2.24) is 14.8 Å². The van der Waals surface area contributed by atoms with Gasteiger partial charge < -0.3 is 5.11 Å². The zero-order valence-corrected chi connectivity index (χ0v) is 7.56. The highest BCUT2D eigenvalue weighted by Gasteiger charge is 2.14. The third-order valence-electron chi connectivity index (χ3n) is 1.96. The molecule has 5 heteroatoms. The van der Waals surface area contributed by atoms with E-state index in [4.69, 9.17) is 0 Å². The number of aromatic nitrogens is 3. The van der Waals surface area contributed by atoms with Gasteiger partial charge >= 0.3 is 0 Å². The van der Waals surface area contributed by atoms with Crippen molar-refractivity contribution in [2.75, 3.05) is 0 Å². The first-order valence-electron chi connectivity index (χ1n) is 4.09. The molecule has 2 heterocycles. The maximum Gasteiger partial charge on any atom is 0.277 e. The topological polar surface area (TPSA) is 70.9 Å². The van der Waals surface area contributed by atoms with Gasteiger partial charge in [-0.3, -0.25) is 19.6 Å². The van der Waals surface area contributed by atoms with Crippen LogP contribution in [-0.2, 0) is 7.05 Å². The van der Waals surface area contributed by atoms with Crippen molar-refractivity contribution < 1.29 is 5.11 Å². The summed E-state index contributed by atoms with van der Waals surface area (Å²) in [5, 5.41) is 12.0. The molecule has 0 aromatic carbocycles. The summed E-state index contributed by atoms with van der Waals surface area (Å²) < 4.78 is 1.26. The third kappa shape index (κ3) is 1.19. The third-order valence-corrected chi connectivity index (χ3v) is 1.96. The highest BCUT2D eigenvalue weighted by atomic mass is 16.3. The van der Waals surface area contributed by atoms with Crippen molar-refractivity contribution in [3.63, 3.8) is 0 Å². The fourth-order valence-corrected chi connectivity index (χ4v) is 1.27. The summed E-state index contributed by atoms with van der Waals surface area (Å²) >= 11 is 0. The van der Waals surface area contributed by atoms with Gasteiger partial charge in [0.1, 0.15) is 5.56 Å². The Bertz CT molecular complexity index is 499. The number of aromatic amines is 1. The van der Waals surface area contributed by atoms with Crippen LogP contribution in [0.25, 0.3) is 11.3 Å². The fraction of sp³-hybridized carbons (Fsp3) is 0.111. The molecule has 0 atom stereocenters. The number of aromatic hydroxyl groups is 1. The summed E-state index contributed by atoms with van der Waals surface area (Å²) in [6, 6.07) is 5.18. The van der Waals surface area contributed by atoms with Crippen LogP contribution in [0.4, 0.5) is 0 Å². The average molecular weight is 191 g/mol. The first-order chi connectivity index (χ1) is 6.70. The Labute approximate surface area is 79.6 Å². The molecule has 0 saturated heterocycles. The van der Waals surface area contributed by atoms with E-state index < -0.39 is 0 Å². The molecule has 0 radical (unpaired) electrons. The van der Waals surface area contributed by atoms with E-state index in [-0.39, 0.29) is 17.0 Å². The summed E-state index contributed by atoms with van der Waals surface area (Å²) in [5.74, 6) is -0.103. The van der Waals surface area contributed by atoms with Crippen LogP contribution in [0.1, 0.15) is 0 Å². The Morgan fingerprint density at radius 2 is 2.29 bits per heavy atom. The van der Waals surface area contributed by atoms with E-state index >= 15 is 0 Å². The van der Waals surface area contributed by atoms with Crippen molar-refractivity contribution >= 4 is 0 Å². The van der Waals surface area contributed by atoms with Crippen LogP contribution in [0.3, 0.4) is 0 Å². The van der Waals surface area contributed by atoms with Crippen LogP contribution in [0.2, 0.25) is 0 Å². The Kier molecular flexibility index (Phi) is 1.85. The molecular weight excluding hydrogens is 182 g/mol. The average Bonchev–Trinajstić information content (AvgIpc) is 2.43. The molecule has 2 aromatic heterocycles. The summed E-state index contributed by atoms with van der Waals surface area (Å²) in [4.78, 5) is 15.4. The Balaban J connectivity index is 2.69. The molecule has 0 aliphatic heterocycles. The van der Waals surface area contributed by atoms with Crippen molar-refractivity contribution in [2.45, 2.75) is 0 Å². The molecule has 72 valence electrons. The predicted octanol–water partition coefficient (Wildman–Crippen LogP) is 0.481. The van der Waals surface area contributed by atoms with Crippen LogP contribution in [0, 0.1) is 0 Å². The lowest BCUT2D eigenvalue weighted by atomic mass is 10.2. The van der Waals surface area contributed by atoms with Crippen LogP contribution in [0.15, 0.2) is 29.2 Å². The van der Waals surface area contributed by atoms with Crippen LogP contribution in [0.5, 0.6) is 5.88 Å². The minimum Gasteiger partial charge on any atom is -0.493 e. The minimum atomic E-state index is -0.344. The molecule has 0 bridgehead atoms. The van der Waals surface area contributed by atoms with Crippen LogP contribution < -0.4 is 5.56 Å². The second-order valence-electron chi connectivity index (χ2n) is 2.91. The molecule has 14 heavy (non-hydrogen) atoms. The lowest BCUT2D eigenvalue weighted by molar-refractivity contribution is 0.420. The van der Waals surface area contributed by atoms with Crippen molar-refractivity contribution in [3.8, 4) is 17.1 Å². The Hall–Kier alpha value is -2.04. The zero-order chi connectivity index (χ0) is 10.1. The molecule has 0 spiro atoms. The normalized spacial score (nSPS) is 10.4. The second-order valence-corrected chi connectivity index (χ2v) is 2.91. The van der Waals surface area contributed by atoms with E-state index in [0.29, 0.717) is 5.69 Å². The zero-order valence-electron chi connectivity index (χ0n) is 7.56. The lowest BCUT2D eigenvalue weighted by Crippen LogP contribution is -2.04. The van der Waals surface area contributed by atoms with Gasteiger partial charge in [-0.15, -0.1) is 0 Å². The number of hydrogen-bond acceptors (Lipinski definition) is 3. The van der Waals surface area contributed by atoms with Gasteiger partial charge in [-0.2, -0.15) is 0 Å². The minimum absolute atomic E-state index is 0.103. The standard InChI is InChI=1S/C9H9N3O2/c1-12-9(14)7(8(13)11-12)6-4-2-3-5-10-6/h2-5,14H,1H3,(H,11,13). The van der Waals surface area contributed by atoms with Crippen LogP contribution >= 0.6 is 0 Å². The van der Waals surface area contributed by atoms with Crippen molar-refractivity contribution in [2.24, 2.45) is 7.05 Å². The molecule has 2 rings (SSSR count). The number of H-pyrrole nitrogens is 1. The number of rotatable bonds is 1. The summed E-state index contributed by atoms with van der Waals surface area (Å²) in [6.07, 6.45) is 1.57. The monoisotopic (exact) mass is 191 g/mol. The van der Waals surface area contributed by atoms with E-state index in [9.17, 15) is 9.90 Å². The highest BCUT2D eigenvalue weighted by Crippen LogP contribution is 2.21. The molecular formula is C9H9N3O2. The van der Waals surface area contributed by atoms with Crippen LogP contribution in [-0.4, -0.2) is 19.9 Å². The van der Waals surface area contributed by atoms with E-state index in [0.717, 1.165) is 0 Å². The smallest absolute Gasteiger partial charge is 0.277 e. The maximum absolute atomic E-state index is 11.4. The van der Waals surface area contributed by atoms with E-state index in [1.807, 2.05) is 0 Å². The number of nitrogens with one attached hydrogen (secondary N) is 1. The quantitative estimate of drug-likeness (QED) is 0.688. The lowest BCUT2D eigenvalue weighted by Gasteiger charge is -1.96. The number of hydrogen-bond donors (Lipinski definition) is 2. The Morgan fingerprint density at radius 3 is 2.79 bits per heavy atom. The molecule has 0 aliphatic carbocycles. The van der Waals surface area contributed by atoms with E-state index in [1.165, 1.54) is 4.68 Å². The van der Waals surface area contributed by atoms with Gasteiger partial charge in [0.05, 0.1) is 5.69 Å². The summed E-state index contributed by atoms with van der Waals surface area (Å²) in [7, 11) is 1.56. The molecule has 5 nitrogen and oxygen atoms in total. The molecule has 2 N–H and O–H groups in total. The van der Waals surface area contributed by atoms with Gasteiger partial charge in [0, 0.05) is 13.2 Å². The van der Waals surface area contributed by atoms with Crippen molar-refractivity contribution in [1.29, 1.82) is 0 Å². The summed E-state index contributed by atoms with van der Waals surface area (Å²) in [6.45, 7) is 0. The predicted molar refractivity (Wildman–Crippen MR) is 50.9 cm³/mol. The van der Waals surface area contributed by atoms with Gasteiger partial charge in [-0.25, -0.2) is 0 Å². The highest BCUT2D eigenvalue weighted by molar-refractivity contribution is 5.63. The SMILES string of the molecule is Cn1[nH]c(=O)c(-c2ccccn2)c1O. The van der Waals surface area contributed by atoms with Gasteiger partial charge in [0.2, 0.25) is 5.88 Å². The second kappa shape index (κ2) is 3.02. The van der Waals surface area contributed by atoms with Gasteiger partial charge in [0.15, 0.2) is 0 Å². The molecule has 2 aromatic rings. The number of pyridine rings is 1. The summed E-state index contributed by atoms with van der Waals surface area (Å²) in [5.41, 5.74) is 0.323. The van der Waals surface area contributed by atoms with E-state index in [1.54, 1.807) is 31.4 Å². The molecule has 0 aliphatic rings. The molecule has 0 saturated carbocycles. The van der Waals surface area contributed by atoms with Gasteiger partial charge in [0.25, 0.3) is 5.56 Å². The van der Waals surface area contributed by atoms with E-state index in [2.05, 4.69) is 10.1 Å². The first-order valence-corrected chi connectivity index (χ1v) is 4.09. The first kappa shape index (κ1) is 8.55. The number of nitrogens with zero attached hydrogens (tertiary/aromatic N) is 2. The number of aryl methyl sites for hydroxylation is 1. The largest absolute Gasteiger partial charge is 0.493 e.